The molecule has 1 fully saturated rings. The largest absolute Gasteiger partial charge is 0.508 e. The Balaban J connectivity index is 1.94. The fraction of sp³-hybridized carbons (Fsp3) is 0.462. The molecule has 13 nitrogen and oxygen atoms in total. The van der Waals surface area contributed by atoms with Gasteiger partial charge in [0.2, 0.25) is 5.78 Å². The Kier molecular flexibility index (Phi) is 6.96. The fourth-order valence-electron chi connectivity index (χ4n) is 6.12. The number of aliphatic hydroxyl groups excluding tert-OH is 3. The Hall–Kier alpha value is -3.94. The molecule has 0 aromatic heterocycles. The summed E-state index contributed by atoms with van der Waals surface area (Å²) < 4.78 is 0. The third kappa shape index (κ3) is 3.87. The van der Waals surface area contributed by atoms with Gasteiger partial charge in [-0.2, -0.15) is 0 Å². The molecule has 1 aromatic carbocycles. The lowest BCUT2D eigenvalue weighted by Crippen LogP contribution is -2.70. The Bertz CT molecular complexity index is 1350. The van der Waals surface area contributed by atoms with Crippen molar-refractivity contribution in [2.45, 2.75) is 43.9 Å². The van der Waals surface area contributed by atoms with Crippen LogP contribution < -0.4 is 16.4 Å². The summed E-state index contributed by atoms with van der Waals surface area (Å²) in [7, 11) is 2.87. The summed E-state index contributed by atoms with van der Waals surface area (Å²) >= 11 is 0. The van der Waals surface area contributed by atoms with Crippen molar-refractivity contribution in [3.8, 4) is 5.75 Å². The fourth-order valence-corrected chi connectivity index (χ4v) is 6.12. The molecular formula is C26H32N4O9. The number of nitrogens with zero attached hydrogens (tertiary/aromatic N) is 1. The highest BCUT2D eigenvalue weighted by molar-refractivity contribution is 6.24. The van der Waals surface area contributed by atoms with Crippen molar-refractivity contribution in [3.63, 3.8) is 0 Å². The van der Waals surface area contributed by atoms with Crippen molar-refractivity contribution in [2.24, 2.45) is 17.6 Å². The quantitative estimate of drug-likeness (QED) is 0.183. The molecule has 3 aliphatic rings. The Labute approximate surface area is 223 Å². The second-order valence-corrected chi connectivity index (χ2v) is 10.4. The van der Waals surface area contributed by atoms with Crippen molar-refractivity contribution >= 4 is 35.0 Å². The molecule has 0 aliphatic heterocycles. The molecule has 0 bridgehead atoms. The molecule has 39 heavy (non-hydrogen) atoms. The third-order valence-electron chi connectivity index (χ3n) is 7.91. The summed E-state index contributed by atoms with van der Waals surface area (Å²) in [6.45, 7) is 3.85. The predicted octanol–water partition coefficient (Wildman–Crippen LogP) is 0.0273. The summed E-state index contributed by atoms with van der Waals surface area (Å²) in [6.07, 6.45) is -1.01. The maximum Gasteiger partial charge on any atom is 0.319 e. The Morgan fingerprint density at radius 1 is 1.15 bits per heavy atom. The maximum absolute atomic E-state index is 14.0. The van der Waals surface area contributed by atoms with E-state index in [-0.39, 0.29) is 11.3 Å². The molecule has 4 rings (SSSR count). The lowest BCUT2D eigenvalue weighted by atomic mass is 9.54. The summed E-state index contributed by atoms with van der Waals surface area (Å²) in [4.78, 5) is 52.7. The van der Waals surface area contributed by atoms with Crippen LogP contribution in [0.3, 0.4) is 0 Å². The second kappa shape index (κ2) is 9.67. The number of phenols is 1. The van der Waals surface area contributed by atoms with Gasteiger partial charge in [-0.05, 0) is 38.1 Å². The number of hydrogen-bond acceptors (Lipinski definition) is 10. The van der Waals surface area contributed by atoms with Gasteiger partial charge in [-0.15, -0.1) is 0 Å². The number of aromatic hydroxyl groups is 1. The third-order valence-corrected chi connectivity index (χ3v) is 7.91. The number of fused-ring (bicyclic) bond motifs is 3. The van der Waals surface area contributed by atoms with Gasteiger partial charge < -0.3 is 41.9 Å². The highest BCUT2D eigenvalue weighted by atomic mass is 16.4. The van der Waals surface area contributed by atoms with Crippen LogP contribution in [-0.2, 0) is 14.4 Å². The first-order valence-electron chi connectivity index (χ1n) is 12.4. The van der Waals surface area contributed by atoms with Crippen LogP contribution in [0.2, 0.25) is 0 Å². The van der Waals surface area contributed by atoms with E-state index >= 15 is 0 Å². The number of nitrogens with one attached hydrogen (secondary N) is 2. The number of urea groups is 1. The topological polar surface area (TPSA) is 223 Å². The molecule has 6 atom stereocenters. The molecule has 3 amide bonds. The van der Waals surface area contributed by atoms with Crippen LogP contribution in [0.25, 0.3) is 5.76 Å². The van der Waals surface area contributed by atoms with Crippen LogP contribution in [0, 0.1) is 11.8 Å². The van der Waals surface area contributed by atoms with Gasteiger partial charge in [-0.3, -0.25) is 19.3 Å². The number of nitrogens with two attached hydrogens (primary N) is 1. The van der Waals surface area contributed by atoms with Crippen LogP contribution in [0.15, 0.2) is 29.0 Å². The number of rotatable bonds is 5. The van der Waals surface area contributed by atoms with E-state index in [0.717, 1.165) is 0 Å². The van der Waals surface area contributed by atoms with Crippen molar-refractivity contribution in [3.05, 3.63) is 40.2 Å². The van der Waals surface area contributed by atoms with Gasteiger partial charge in [0.1, 0.15) is 22.8 Å². The number of carbonyl (C=O) groups is 4. The molecule has 1 saturated carbocycles. The second-order valence-electron chi connectivity index (χ2n) is 10.4. The first-order chi connectivity index (χ1) is 18.2. The lowest BCUT2D eigenvalue weighted by Gasteiger charge is -2.53. The maximum atomic E-state index is 14.0. The average molecular weight is 545 g/mol. The molecule has 3 aliphatic carbocycles. The highest BCUT2D eigenvalue weighted by Gasteiger charge is 2.68. The van der Waals surface area contributed by atoms with Gasteiger partial charge in [0.15, 0.2) is 11.4 Å². The number of likely N-dealkylation sites (N-methyl/N-ethyl adjacent to an activating group) is 1. The summed E-state index contributed by atoms with van der Waals surface area (Å²) in [5.41, 5.74) is 0.872. The predicted molar refractivity (Wildman–Crippen MR) is 138 cm³/mol. The van der Waals surface area contributed by atoms with E-state index in [1.807, 2.05) is 6.92 Å². The molecule has 13 heteroatoms. The number of carbonyl (C=O) groups excluding carboxylic acids is 4. The van der Waals surface area contributed by atoms with Crippen molar-refractivity contribution in [1.82, 2.24) is 10.2 Å². The Morgan fingerprint density at radius 2 is 1.79 bits per heavy atom. The van der Waals surface area contributed by atoms with E-state index in [1.165, 1.54) is 31.1 Å². The number of Topliss-reactive ketones (excluding diaryl/α,β-unsaturated/α-hetero) is 2. The Morgan fingerprint density at radius 3 is 2.36 bits per heavy atom. The number of amides is 3. The van der Waals surface area contributed by atoms with E-state index in [9.17, 15) is 44.7 Å². The zero-order valence-corrected chi connectivity index (χ0v) is 21.8. The van der Waals surface area contributed by atoms with Gasteiger partial charge in [-0.25, -0.2) is 4.79 Å². The van der Waals surface area contributed by atoms with Gasteiger partial charge in [0.05, 0.1) is 29.3 Å². The van der Waals surface area contributed by atoms with E-state index in [2.05, 4.69) is 10.6 Å². The molecule has 1 aromatic rings. The monoisotopic (exact) mass is 544 g/mol. The molecule has 0 spiro atoms. The smallest absolute Gasteiger partial charge is 0.319 e. The van der Waals surface area contributed by atoms with E-state index in [1.54, 1.807) is 6.92 Å². The van der Waals surface area contributed by atoms with E-state index in [4.69, 9.17) is 5.73 Å². The first-order valence-corrected chi connectivity index (χ1v) is 12.4. The number of aliphatic hydroxyl groups is 4. The van der Waals surface area contributed by atoms with Crippen molar-refractivity contribution in [2.75, 3.05) is 26.0 Å². The minimum atomic E-state index is -2.99. The van der Waals surface area contributed by atoms with Gasteiger partial charge in [0, 0.05) is 18.0 Å². The highest BCUT2D eigenvalue weighted by Crippen LogP contribution is 2.56. The number of benzene rings is 1. The minimum absolute atomic E-state index is 0.0739. The van der Waals surface area contributed by atoms with Gasteiger partial charge in [0.25, 0.3) is 5.91 Å². The van der Waals surface area contributed by atoms with Crippen LogP contribution in [0.1, 0.15) is 37.3 Å². The number of phenolic OH excluding ortho intramolecular Hbond substituents is 1. The van der Waals surface area contributed by atoms with Crippen molar-refractivity contribution < 1.29 is 44.7 Å². The number of primary amides is 1. The van der Waals surface area contributed by atoms with Crippen LogP contribution in [0.4, 0.5) is 10.5 Å². The van der Waals surface area contributed by atoms with E-state index in [0.29, 0.717) is 18.5 Å². The SMILES string of the molecule is CCCNC(=O)Nc1ccc2c(c1O)C(O)=C1C(=O)[C@]3(O)C(O)=C(C(N)=O)C(=O)[C@@H](N(C)C)C3[C@@H](O)C1[C@H]2C. The molecule has 210 valence electrons. The molecule has 0 heterocycles. The molecule has 9 N–H and O–H groups in total. The van der Waals surface area contributed by atoms with Crippen LogP contribution in [-0.4, -0.2) is 92.3 Å². The summed E-state index contributed by atoms with van der Waals surface area (Å²) in [5, 5.41) is 61.6. The number of ketones is 2. The minimum Gasteiger partial charge on any atom is -0.508 e. The average Bonchev–Trinajstić information content (AvgIpc) is 2.85. The molecule has 0 radical (unpaired) electrons. The summed E-state index contributed by atoms with van der Waals surface area (Å²) in [6, 6.07) is 0.879. The van der Waals surface area contributed by atoms with Crippen LogP contribution in [0.5, 0.6) is 5.75 Å². The standard InChI is InChI=1S/C26H32N4O9/c1-5-8-28-25(38)29-11-7-6-10-9(2)12-14(19(32)13(10)18(11)31)22(35)26(39)16(20(12)33)17(30(3)4)21(34)15(23(26)36)24(27)37/h6-7,9,12,16-17,20,31-33,36,39H,5,8H2,1-4H3,(H2,27,37)(H2,28,29,38)/t9-,12?,16?,17-,20-,26-/m0/s1. The zero-order chi connectivity index (χ0) is 29.1. The zero-order valence-electron chi connectivity index (χ0n) is 21.8. The normalized spacial score (nSPS) is 30.1. The van der Waals surface area contributed by atoms with Crippen LogP contribution >= 0.6 is 0 Å². The lowest BCUT2D eigenvalue weighted by molar-refractivity contribution is -0.169. The van der Waals surface area contributed by atoms with Gasteiger partial charge in [-0.1, -0.05) is 19.9 Å². The van der Waals surface area contributed by atoms with Gasteiger partial charge >= 0.3 is 6.03 Å². The number of hydrogen-bond donors (Lipinski definition) is 8. The van der Waals surface area contributed by atoms with Crippen molar-refractivity contribution in [1.29, 1.82) is 0 Å². The molecular weight excluding hydrogens is 512 g/mol. The van der Waals surface area contributed by atoms with E-state index < -0.39 is 87.4 Å². The molecule has 0 saturated heterocycles. The molecule has 2 unspecified atom stereocenters. The first kappa shape index (κ1) is 28.1. The summed E-state index contributed by atoms with van der Waals surface area (Å²) in [5.74, 6) is -9.80. The number of anilines is 1.